The number of nitrogens with zero attached hydrogens (tertiary/aromatic N) is 2. The Hall–Kier alpha value is -2.04. The number of benzene rings is 1. The first kappa shape index (κ1) is 13.4. The molecule has 1 aromatic carbocycles. The molecule has 19 heavy (non-hydrogen) atoms. The van der Waals surface area contributed by atoms with E-state index in [0.717, 1.165) is 23.7 Å². The average Bonchev–Trinajstić information content (AvgIpc) is 2.36. The van der Waals surface area contributed by atoms with Crippen molar-refractivity contribution in [2.75, 3.05) is 12.4 Å². The van der Waals surface area contributed by atoms with Gasteiger partial charge >= 0.3 is 0 Å². The van der Waals surface area contributed by atoms with E-state index in [9.17, 15) is 8.78 Å². The number of halogens is 2. The fraction of sp³-hybridized carbons (Fsp3) is 0.286. The van der Waals surface area contributed by atoms with Crippen LogP contribution in [-0.4, -0.2) is 17.0 Å². The van der Waals surface area contributed by atoms with Gasteiger partial charge in [-0.15, -0.1) is 0 Å². The van der Waals surface area contributed by atoms with E-state index in [1.807, 2.05) is 13.8 Å². The second-order valence-electron chi connectivity index (χ2n) is 4.22. The standard InChI is InChI=1S/C14H15F2N3/c1-4-12-8(2)18-13(19-14(12)17-3)9-5-10(15)7-11(16)6-9/h5-7H,4H2,1-3H3,(H,17,18,19). The average molecular weight is 263 g/mol. The van der Waals surface area contributed by atoms with Crippen LogP contribution in [0.4, 0.5) is 14.6 Å². The maximum absolute atomic E-state index is 13.2. The van der Waals surface area contributed by atoms with Gasteiger partial charge in [-0.25, -0.2) is 18.7 Å². The van der Waals surface area contributed by atoms with Gasteiger partial charge in [0.15, 0.2) is 5.82 Å². The summed E-state index contributed by atoms with van der Waals surface area (Å²) >= 11 is 0. The molecule has 0 unspecified atom stereocenters. The van der Waals surface area contributed by atoms with Gasteiger partial charge in [0.05, 0.1) is 0 Å². The Bertz CT molecular complexity index is 592. The first-order valence-corrected chi connectivity index (χ1v) is 6.07. The predicted octanol–water partition coefficient (Wildman–Crippen LogP) is 3.33. The molecule has 0 saturated carbocycles. The quantitative estimate of drug-likeness (QED) is 0.923. The molecule has 0 aliphatic rings. The third-order valence-electron chi connectivity index (χ3n) is 2.93. The van der Waals surface area contributed by atoms with Gasteiger partial charge in [0, 0.05) is 29.9 Å². The van der Waals surface area contributed by atoms with Crippen molar-refractivity contribution in [3.05, 3.63) is 41.1 Å². The Kier molecular flexibility index (Phi) is 3.74. The molecule has 0 fully saturated rings. The Morgan fingerprint density at radius 3 is 2.26 bits per heavy atom. The van der Waals surface area contributed by atoms with Crippen molar-refractivity contribution in [3.8, 4) is 11.4 Å². The predicted molar refractivity (Wildman–Crippen MR) is 71.0 cm³/mol. The normalized spacial score (nSPS) is 10.6. The summed E-state index contributed by atoms with van der Waals surface area (Å²) in [4.78, 5) is 8.64. The van der Waals surface area contributed by atoms with Gasteiger partial charge in [0.1, 0.15) is 17.5 Å². The molecule has 0 aliphatic carbocycles. The minimum absolute atomic E-state index is 0.317. The monoisotopic (exact) mass is 263 g/mol. The number of aromatic nitrogens is 2. The molecule has 5 heteroatoms. The zero-order chi connectivity index (χ0) is 14.0. The molecule has 1 heterocycles. The molecule has 100 valence electrons. The van der Waals surface area contributed by atoms with E-state index in [1.165, 1.54) is 12.1 Å². The van der Waals surface area contributed by atoms with Crippen LogP contribution in [0.15, 0.2) is 18.2 Å². The summed E-state index contributed by atoms with van der Waals surface area (Å²) in [6.45, 7) is 3.87. The maximum Gasteiger partial charge on any atom is 0.161 e. The van der Waals surface area contributed by atoms with E-state index < -0.39 is 11.6 Å². The van der Waals surface area contributed by atoms with E-state index in [-0.39, 0.29) is 0 Å². The lowest BCUT2D eigenvalue weighted by Crippen LogP contribution is -2.05. The fourth-order valence-electron chi connectivity index (χ4n) is 2.04. The molecule has 0 spiro atoms. The summed E-state index contributed by atoms with van der Waals surface area (Å²) in [5.41, 5.74) is 2.14. The number of rotatable bonds is 3. The molecule has 2 aromatic rings. The largest absolute Gasteiger partial charge is 0.373 e. The van der Waals surface area contributed by atoms with Crippen LogP contribution < -0.4 is 5.32 Å². The summed E-state index contributed by atoms with van der Waals surface area (Å²) in [6, 6.07) is 3.28. The van der Waals surface area contributed by atoms with Crippen molar-refractivity contribution in [1.29, 1.82) is 0 Å². The first-order valence-electron chi connectivity index (χ1n) is 6.07. The van der Waals surface area contributed by atoms with Crippen LogP contribution in [0.25, 0.3) is 11.4 Å². The van der Waals surface area contributed by atoms with E-state index in [1.54, 1.807) is 7.05 Å². The van der Waals surface area contributed by atoms with Crippen LogP contribution in [0, 0.1) is 18.6 Å². The number of nitrogens with one attached hydrogen (secondary N) is 1. The minimum atomic E-state index is -0.637. The van der Waals surface area contributed by atoms with Crippen molar-refractivity contribution in [3.63, 3.8) is 0 Å². The lowest BCUT2D eigenvalue weighted by atomic mass is 10.1. The van der Waals surface area contributed by atoms with Gasteiger partial charge in [-0.2, -0.15) is 0 Å². The third kappa shape index (κ3) is 2.70. The lowest BCUT2D eigenvalue weighted by molar-refractivity contribution is 0.584. The second-order valence-corrected chi connectivity index (χ2v) is 4.22. The molecule has 0 saturated heterocycles. The van der Waals surface area contributed by atoms with Crippen molar-refractivity contribution in [2.24, 2.45) is 0 Å². The summed E-state index contributed by atoms with van der Waals surface area (Å²) in [5.74, 6) is -0.268. The van der Waals surface area contributed by atoms with Crippen LogP contribution in [-0.2, 0) is 6.42 Å². The van der Waals surface area contributed by atoms with Gasteiger partial charge in [0.25, 0.3) is 0 Å². The number of anilines is 1. The van der Waals surface area contributed by atoms with Crippen molar-refractivity contribution in [2.45, 2.75) is 20.3 Å². The second kappa shape index (κ2) is 5.30. The smallest absolute Gasteiger partial charge is 0.161 e. The fourth-order valence-corrected chi connectivity index (χ4v) is 2.04. The van der Waals surface area contributed by atoms with Crippen molar-refractivity contribution in [1.82, 2.24) is 9.97 Å². The molecule has 1 N–H and O–H groups in total. The van der Waals surface area contributed by atoms with E-state index in [2.05, 4.69) is 15.3 Å². The van der Waals surface area contributed by atoms with Crippen LogP contribution in [0.1, 0.15) is 18.2 Å². The van der Waals surface area contributed by atoms with E-state index >= 15 is 0 Å². The molecular weight excluding hydrogens is 248 g/mol. The van der Waals surface area contributed by atoms with Crippen molar-refractivity contribution < 1.29 is 8.78 Å². The molecule has 1 aromatic heterocycles. The van der Waals surface area contributed by atoms with E-state index in [0.29, 0.717) is 17.2 Å². The highest BCUT2D eigenvalue weighted by atomic mass is 19.1. The zero-order valence-electron chi connectivity index (χ0n) is 11.1. The molecule has 0 atom stereocenters. The molecule has 0 bridgehead atoms. The first-order chi connectivity index (χ1) is 9.05. The molecule has 0 radical (unpaired) electrons. The van der Waals surface area contributed by atoms with Gasteiger partial charge in [-0.3, -0.25) is 0 Å². The lowest BCUT2D eigenvalue weighted by Gasteiger charge is -2.11. The highest BCUT2D eigenvalue weighted by Gasteiger charge is 2.12. The Morgan fingerprint density at radius 1 is 1.11 bits per heavy atom. The summed E-state index contributed by atoms with van der Waals surface area (Å²) in [6.07, 6.45) is 0.791. The van der Waals surface area contributed by atoms with Crippen LogP contribution >= 0.6 is 0 Å². The molecule has 3 nitrogen and oxygen atoms in total. The molecule has 0 amide bonds. The topological polar surface area (TPSA) is 37.8 Å². The number of hydrogen-bond donors (Lipinski definition) is 1. The van der Waals surface area contributed by atoms with Crippen LogP contribution in [0.3, 0.4) is 0 Å². The summed E-state index contributed by atoms with van der Waals surface area (Å²) < 4.78 is 26.5. The molecular formula is C14H15F2N3. The number of aryl methyl sites for hydroxylation is 1. The minimum Gasteiger partial charge on any atom is -0.373 e. The zero-order valence-corrected chi connectivity index (χ0v) is 11.1. The Labute approximate surface area is 110 Å². The van der Waals surface area contributed by atoms with Gasteiger partial charge in [-0.1, -0.05) is 6.92 Å². The Morgan fingerprint density at radius 2 is 1.74 bits per heavy atom. The van der Waals surface area contributed by atoms with Crippen LogP contribution in [0.5, 0.6) is 0 Å². The highest BCUT2D eigenvalue weighted by Crippen LogP contribution is 2.23. The number of hydrogen-bond acceptors (Lipinski definition) is 3. The molecule has 0 aliphatic heterocycles. The van der Waals surface area contributed by atoms with Crippen LogP contribution in [0.2, 0.25) is 0 Å². The van der Waals surface area contributed by atoms with Gasteiger partial charge in [0.2, 0.25) is 0 Å². The van der Waals surface area contributed by atoms with Gasteiger partial charge in [-0.05, 0) is 25.5 Å². The van der Waals surface area contributed by atoms with Gasteiger partial charge < -0.3 is 5.32 Å². The Balaban J connectivity index is 2.59. The van der Waals surface area contributed by atoms with E-state index in [4.69, 9.17) is 0 Å². The molecule has 2 rings (SSSR count). The summed E-state index contributed by atoms with van der Waals surface area (Å²) in [7, 11) is 1.76. The SMILES string of the molecule is CCc1c(C)nc(-c2cc(F)cc(F)c2)nc1NC. The van der Waals surface area contributed by atoms with Crippen molar-refractivity contribution >= 4 is 5.82 Å². The highest BCUT2D eigenvalue weighted by molar-refractivity contribution is 5.60. The maximum atomic E-state index is 13.2. The third-order valence-corrected chi connectivity index (χ3v) is 2.93. The summed E-state index contributed by atoms with van der Waals surface area (Å²) in [5, 5.41) is 2.99.